The van der Waals surface area contributed by atoms with Gasteiger partial charge in [-0.3, -0.25) is 4.79 Å². The highest BCUT2D eigenvalue weighted by atomic mass is 16.5. The number of hydrogen-bond donors (Lipinski definition) is 0. The van der Waals surface area contributed by atoms with Crippen molar-refractivity contribution in [1.29, 1.82) is 0 Å². The lowest BCUT2D eigenvalue weighted by atomic mass is 9.71. The van der Waals surface area contributed by atoms with Gasteiger partial charge in [-0.2, -0.15) is 0 Å². The number of benzene rings is 2. The summed E-state index contributed by atoms with van der Waals surface area (Å²) in [6.07, 6.45) is 0.933. The van der Waals surface area contributed by atoms with E-state index in [9.17, 15) is 14.4 Å². The summed E-state index contributed by atoms with van der Waals surface area (Å²) >= 11 is 0. The SMILES string of the molecule is CCOC(=O)c1c(-c2ccccc2)cc2c(c1C(=O)OCC)C(=O)CC(C)(C)C2. The van der Waals surface area contributed by atoms with Crippen LogP contribution in [-0.4, -0.2) is 30.9 Å². The van der Waals surface area contributed by atoms with E-state index in [1.54, 1.807) is 13.8 Å². The van der Waals surface area contributed by atoms with Crippen LogP contribution in [0.1, 0.15) is 70.8 Å². The van der Waals surface area contributed by atoms with Crippen molar-refractivity contribution in [3.63, 3.8) is 0 Å². The molecular weight excluding hydrogens is 368 g/mol. The zero-order chi connectivity index (χ0) is 21.2. The van der Waals surface area contributed by atoms with E-state index < -0.39 is 11.9 Å². The highest BCUT2D eigenvalue weighted by Crippen LogP contribution is 2.41. The monoisotopic (exact) mass is 394 g/mol. The van der Waals surface area contributed by atoms with Crippen molar-refractivity contribution in [2.75, 3.05) is 13.2 Å². The lowest BCUT2D eigenvalue weighted by molar-refractivity contribution is 0.0477. The summed E-state index contributed by atoms with van der Waals surface area (Å²) in [5.74, 6) is -1.45. The van der Waals surface area contributed by atoms with E-state index in [0.717, 1.165) is 11.1 Å². The molecule has 3 rings (SSSR count). The minimum absolute atomic E-state index is 0.0298. The van der Waals surface area contributed by atoms with Gasteiger partial charge < -0.3 is 9.47 Å². The summed E-state index contributed by atoms with van der Waals surface area (Å²) in [5.41, 5.74) is 2.32. The van der Waals surface area contributed by atoms with Crippen molar-refractivity contribution in [2.45, 2.75) is 40.5 Å². The molecule has 0 aliphatic heterocycles. The van der Waals surface area contributed by atoms with E-state index in [2.05, 4.69) is 0 Å². The van der Waals surface area contributed by atoms with Gasteiger partial charge in [0.1, 0.15) is 0 Å². The summed E-state index contributed by atoms with van der Waals surface area (Å²) < 4.78 is 10.5. The summed E-state index contributed by atoms with van der Waals surface area (Å²) in [5, 5.41) is 0. The fourth-order valence-corrected chi connectivity index (χ4v) is 3.97. The van der Waals surface area contributed by atoms with Gasteiger partial charge in [0.2, 0.25) is 0 Å². The maximum Gasteiger partial charge on any atom is 0.339 e. The first-order valence-corrected chi connectivity index (χ1v) is 9.91. The molecule has 0 spiro atoms. The van der Waals surface area contributed by atoms with Gasteiger partial charge in [0.15, 0.2) is 5.78 Å². The van der Waals surface area contributed by atoms with Gasteiger partial charge in [-0.1, -0.05) is 44.2 Å². The van der Waals surface area contributed by atoms with E-state index in [4.69, 9.17) is 9.47 Å². The van der Waals surface area contributed by atoms with Crippen LogP contribution < -0.4 is 0 Å². The molecule has 0 radical (unpaired) electrons. The molecule has 0 aromatic heterocycles. The summed E-state index contributed by atoms with van der Waals surface area (Å²) in [6.45, 7) is 7.76. The second-order valence-electron chi connectivity index (χ2n) is 7.96. The van der Waals surface area contributed by atoms with Crippen molar-refractivity contribution in [1.82, 2.24) is 0 Å². The van der Waals surface area contributed by atoms with Crippen LogP contribution >= 0.6 is 0 Å². The average molecular weight is 394 g/mol. The molecule has 2 aromatic carbocycles. The Morgan fingerprint density at radius 1 is 0.931 bits per heavy atom. The predicted molar refractivity (Wildman–Crippen MR) is 110 cm³/mol. The second-order valence-corrected chi connectivity index (χ2v) is 7.96. The molecule has 5 heteroatoms. The molecule has 2 aromatic rings. The Bertz CT molecular complexity index is 957. The second kappa shape index (κ2) is 8.19. The third-order valence-corrected chi connectivity index (χ3v) is 5.04. The van der Waals surface area contributed by atoms with Crippen molar-refractivity contribution in [3.8, 4) is 11.1 Å². The van der Waals surface area contributed by atoms with Crippen molar-refractivity contribution < 1.29 is 23.9 Å². The molecule has 0 fully saturated rings. The summed E-state index contributed by atoms with van der Waals surface area (Å²) in [4.78, 5) is 39.0. The first-order valence-electron chi connectivity index (χ1n) is 9.91. The Morgan fingerprint density at radius 2 is 1.52 bits per heavy atom. The Morgan fingerprint density at radius 3 is 2.10 bits per heavy atom. The topological polar surface area (TPSA) is 69.7 Å². The molecular formula is C24H26O5. The van der Waals surface area contributed by atoms with Crippen LogP contribution in [0.25, 0.3) is 11.1 Å². The number of carbonyl (C=O) groups is 3. The molecule has 0 saturated heterocycles. The number of carbonyl (C=O) groups excluding carboxylic acids is 3. The van der Waals surface area contributed by atoms with Gasteiger partial charge >= 0.3 is 11.9 Å². The molecule has 0 saturated carbocycles. The van der Waals surface area contributed by atoms with Crippen molar-refractivity contribution in [2.24, 2.45) is 5.41 Å². The zero-order valence-electron chi connectivity index (χ0n) is 17.3. The van der Waals surface area contributed by atoms with E-state index >= 15 is 0 Å². The Hall–Kier alpha value is -2.95. The molecule has 5 nitrogen and oxygen atoms in total. The Kier molecular flexibility index (Phi) is 5.87. The largest absolute Gasteiger partial charge is 0.462 e. The lowest BCUT2D eigenvalue weighted by Gasteiger charge is -2.32. The maximum atomic E-state index is 13.1. The van der Waals surface area contributed by atoms with Crippen LogP contribution in [-0.2, 0) is 15.9 Å². The van der Waals surface area contributed by atoms with Crippen molar-refractivity contribution in [3.05, 3.63) is 58.7 Å². The fourth-order valence-electron chi connectivity index (χ4n) is 3.97. The number of fused-ring (bicyclic) bond motifs is 1. The van der Waals surface area contributed by atoms with Gasteiger partial charge in [0.25, 0.3) is 0 Å². The number of hydrogen-bond acceptors (Lipinski definition) is 5. The quantitative estimate of drug-likeness (QED) is 0.677. The van der Waals surface area contributed by atoms with Crippen LogP contribution in [0.15, 0.2) is 36.4 Å². The normalized spacial score (nSPS) is 14.8. The standard InChI is InChI=1S/C24H26O5/c1-5-28-22(26)20-17(15-10-8-7-9-11-15)12-16-13-24(3,4)14-18(25)19(16)21(20)23(27)29-6-2/h7-12H,5-6,13-14H2,1-4H3. The van der Waals surface area contributed by atoms with Crippen LogP contribution in [0.2, 0.25) is 0 Å². The number of ketones is 1. The smallest absolute Gasteiger partial charge is 0.339 e. The molecule has 0 heterocycles. The van der Waals surface area contributed by atoms with Crippen LogP contribution in [0.4, 0.5) is 0 Å². The number of esters is 2. The molecule has 152 valence electrons. The first-order chi connectivity index (χ1) is 13.8. The summed E-state index contributed by atoms with van der Waals surface area (Å²) in [6, 6.07) is 11.2. The minimum Gasteiger partial charge on any atom is -0.462 e. The lowest BCUT2D eigenvalue weighted by Crippen LogP contribution is -2.31. The number of ether oxygens (including phenoxy) is 2. The highest BCUT2D eigenvalue weighted by Gasteiger charge is 2.38. The van der Waals surface area contributed by atoms with Gasteiger partial charge in [-0.15, -0.1) is 0 Å². The highest BCUT2D eigenvalue weighted by molar-refractivity contribution is 6.16. The molecule has 1 aliphatic carbocycles. The summed E-state index contributed by atoms with van der Waals surface area (Å²) in [7, 11) is 0. The van der Waals surface area contributed by atoms with Gasteiger partial charge in [-0.25, -0.2) is 9.59 Å². The molecule has 0 bridgehead atoms. The molecule has 0 atom stereocenters. The number of Topliss-reactive ketones (excluding diaryl/α,β-unsaturated/α-hetero) is 1. The number of rotatable bonds is 5. The molecule has 0 N–H and O–H groups in total. The fraction of sp³-hybridized carbons (Fsp3) is 0.375. The maximum absolute atomic E-state index is 13.1. The predicted octanol–water partition coefficient (Wildman–Crippen LogP) is 4.86. The van der Waals surface area contributed by atoms with Crippen LogP contribution in [0.5, 0.6) is 0 Å². The molecule has 0 unspecified atom stereocenters. The average Bonchev–Trinajstić information content (AvgIpc) is 2.66. The molecule has 1 aliphatic rings. The molecule has 0 amide bonds. The van der Waals surface area contributed by atoms with Gasteiger partial charge in [-0.05, 0) is 48.4 Å². The van der Waals surface area contributed by atoms with E-state index in [1.807, 2.05) is 50.2 Å². The van der Waals surface area contributed by atoms with Crippen molar-refractivity contribution >= 4 is 17.7 Å². The van der Waals surface area contributed by atoms with E-state index in [1.165, 1.54) is 0 Å². The third kappa shape index (κ3) is 4.09. The third-order valence-electron chi connectivity index (χ3n) is 5.04. The van der Waals surface area contributed by atoms with Crippen LogP contribution in [0, 0.1) is 5.41 Å². The van der Waals surface area contributed by atoms with Crippen LogP contribution in [0.3, 0.4) is 0 Å². The van der Waals surface area contributed by atoms with E-state index in [0.29, 0.717) is 24.0 Å². The Labute approximate surface area is 171 Å². The van der Waals surface area contributed by atoms with Gasteiger partial charge in [0.05, 0.1) is 24.3 Å². The first kappa shape index (κ1) is 20.8. The Balaban J connectivity index is 2.39. The minimum atomic E-state index is -0.669. The molecule has 29 heavy (non-hydrogen) atoms. The van der Waals surface area contributed by atoms with Gasteiger partial charge in [0, 0.05) is 12.0 Å². The van der Waals surface area contributed by atoms with E-state index in [-0.39, 0.29) is 35.5 Å². The zero-order valence-corrected chi connectivity index (χ0v) is 17.3.